The second kappa shape index (κ2) is 7.07. The molecule has 114 valence electrons. The Morgan fingerprint density at radius 3 is 2.43 bits per heavy atom. The van der Waals surface area contributed by atoms with Crippen molar-refractivity contribution in [2.45, 2.75) is 45.4 Å². The van der Waals surface area contributed by atoms with Gasteiger partial charge in [-0.3, -0.25) is 4.68 Å². The summed E-state index contributed by atoms with van der Waals surface area (Å²) in [6, 6.07) is 9.14. The number of nitrogens with zero attached hydrogens (tertiary/aromatic N) is 2. The lowest BCUT2D eigenvalue weighted by atomic mass is 10.0. The van der Waals surface area contributed by atoms with Crippen LogP contribution in [0.4, 0.5) is 0 Å². The van der Waals surface area contributed by atoms with Crippen LogP contribution in [0.25, 0.3) is 0 Å². The normalized spacial score (nSPS) is 14.1. The molecule has 2 unspecified atom stereocenters. The summed E-state index contributed by atoms with van der Waals surface area (Å²) in [5.41, 5.74) is 2.30. The summed E-state index contributed by atoms with van der Waals surface area (Å²) in [4.78, 5) is 0. The number of aromatic nitrogens is 2. The topological polar surface area (TPSA) is 58.3 Å². The van der Waals surface area contributed by atoms with E-state index in [9.17, 15) is 10.2 Å². The zero-order chi connectivity index (χ0) is 15.4. The average Bonchev–Trinajstić information content (AvgIpc) is 2.83. The van der Waals surface area contributed by atoms with Gasteiger partial charge in [0.1, 0.15) is 6.10 Å². The molecule has 0 saturated heterocycles. The minimum absolute atomic E-state index is 0.274. The Morgan fingerprint density at radius 2 is 1.86 bits per heavy atom. The van der Waals surface area contributed by atoms with Crippen molar-refractivity contribution >= 4 is 11.6 Å². The highest BCUT2D eigenvalue weighted by molar-refractivity contribution is 6.31. The zero-order valence-corrected chi connectivity index (χ0v) is 13.1. The van der Waals surface area contributed by atoms with Crippen molar-refractivity contribution in [3.8, 4) is 0 Å². The maximum absolute atomic E-state index is 10.3. The molecule has 21 heavy (non-hydrogen) atoms. The van der Waals surface area contributed by atoms with Gasteiger partial charge >= 0.3 is 0 Å². The van der Waals surface area contributed by atoms with Gasteiger partial charge in [-0.05, 0) is 18.9 Å². The van der Waals surface area contributed by atoms with Gasteiger partial charge in [0.2, 0.25) is 0 Å². The smallest absolute Gasteiger partial charge is 0.105 e. The molecular weight excluding hydrogens is 288 g/mol. The van der Waals surface area contributed by atoms with E-state index >= 15 is 0 Å². The molecule has 5 heteroatoms. The van der Waals surface area contributed by atoms with Crippen LogP contribution in [0.5, 0.6) is 0 Å². The van der Waals surface area contributed by atoms with E-state index in [1.54, 1.807) is 16.8 Å². The van der Waals surface area contributed by atoms with E-state index in [-0.39, 0.29) is 6.42 Å². The zero-order valence-electron chi connectivity index (χ0n) is 12.3. The summed E-state index contributed by atoms with van der Waals surface area (Å²) in [6.07, 6.45) is -0.838. The molecule has 2 aromatic rings. The highest BCUT2D eigenvalue weighted by atomic mass is 35.5. The van der Waals surface area contributed by atoms with Crippen LogP contribution in [0.3, 0.4) is 0 Å². The molecule has 0 aliphatic rings. The van der Waals surface area contributed by atoms with Gasteiger partial charge in [-0.15, -0.1) is 0 Å². The molecule has 0 aliphatic heterocycles. The van der Waals surface area contributed by atoms with Gasteiger partial charge in [0, 0.05) is 13.0 Å². The third kappa shape index (κ3) is 3.46. The highest BCUT2D eigenvalue weighted by Gasteiger charge is 2.23. The first-order valence-corrected chi connectivity index (χ1v) is 7.61. The molecule has 0 aliphatic carbocycles. The Bertz CT molecular complexity index is 583. The fraction of sp³-hybridized carbons (Fsp3) is 0.438. The van der Waals surface area contributed by atoms with Gasteiger partial charge in [-0.1, -0.05) is 48.9 Å². The van der Waals surface area contributed by atoms with Gasteiger partial charge < -0.3 is 10.2 Å². The summed E-state index contributed by atoms with van der Waals surface area (Å²) in [7, 11) is 0. The molecule has 2 rings (SSSR count). The van der Waals surface area contributed by atoms with E-state index in [0.717, 1.165) is 17.8 Å². The van der Waals surface area contributed by atoms with Crippen LogP contribution in [0.1, 0.15) is 36.9 Å². The quantitative estimate of drug-likeness (QED) is 0.862. The van der Waals surface area contributed by atoms with Crippen LogP contribution in [-0.2, 0) is 19.4 Å². The third-order valence-electron chi connectivity index (χ3n) is 3.60. The molecule has 0 bridgehead atoms. The van der Waals surface area contributed by atoms with Crippen molar-refractivity contribution in [1.29, 1.82) is 0 Å². The first kappa shape index (κ1) is 16.0. The van der Waals surface area contributed by atoms with Crippen molar-refractivity contribution < 1.29 is 10.2 Å². The molecule has 0 fully saturated rings. The number of hydrogen-bond acceptors (Lipinski definition) is 3. The summed E-state index contributed by atoms with van der Waals surface area (Å²) < 4.78 is 1.79. The number of hydrogen-bond donors (Lipinski definition) is 2. The standard InChI is InChI=1S/C16H21ClN2O2/c1-3-12-15(17)13(19(4-2)18-12)10-14(20)16(21)11-8-6-5-7-9-11/h5-9,14,16,20-21H,3-4,10H2,1-2H3. The van der Waals surface area contributed by atoms with E-state index in [2.05, 4.69) is 5.10 Å². The summed E-state index contributed by atoms with van der Waals surface area (Å²) >= 11 is 6.33. The number of benzene rings is 1. The minimum Gasteiger partial charge on any atom is -0.390 e. The van der Waals surface area contributed by atoms with Crippen molar-refractivity contribution in [2.24, 2.45) is 0 Å². The predicted octanol–water partition coefficient (Wildman–Crippen LogP) is 2.76. The Hall–Kier alpha value is -1.36. The monoisotopic (exact) mass is 308 g/mol. The molecule has 0 saturated carbocycles. The lowest BCUT2D eigenvalue weighted by molar-refractivity contribution is 0.0178. The van der Waals surface area contributed by atoms with Crippen LogP contribution in [0.2, 0.25) is 5.02 Å². The number of rotatable bonds is 6. The molecule has 1 heterocycles. The molecule has 0 spiro atoms. The SMILES string of the molecule is CCc1nn(CC)c(CC(O)C(O)c2ccccc2)c1Cl. The van der Waals surface area contributed by atoms with Crippen molar-refractivity contribution in [2.75, 3.05) is 0 Å². The van der Waals surface area contributed by atoms with Gasteiger partial charge in [0.05, 0.1) is 22.5 Å². The maximum Gasteiger partial charge on any atom is 0.105 e. The minimum atomic E-state index is -0.937. The molecule has 0 amide bonds. The van der Waals surface area contributed by atoms with Crippen LogP contribution >= 0.6 is 11.6 Å². The Morgan fingerprint density at radius 1 is 1.19 bits per heavy atom. The Kier molecular flexibility index (Phi) is 5.39. The van der Waals surface area contributed by atoms with E-state index in [1.807, 2.05) is 32.0 Å². The molecule has 2 atom stereocenters. The van der Waals surface area contributed by atoms with Gasteiger partial charge in [-0.2, -0.15) is 5.10 Å². The van der Waals surface area contributed by atoms with E-state index < -0.39 is 12.2 Å². The number of halogens is 1. The third-order valence-corrected chi connectivity index (χ3v) is 4.04. The summed E-state index contributed by atoms with van der Waals surface area (Å²) in [5.74, 6) is 0. The lowest BCUT2D eigenvalue weighted by Gasteiger charge is -2.18. The van der Waals surface area contributed by atoms with Crippen LogP contribution in [0.15, 0.2) is 30.3 Å². The van der Waals surface area contributed by atoms with Gasteiger partial charge in [0.15, 0.2) is 0 Å². The molecular formula is C16H21ClN2O2. The molecule has 1 aromatic carbocycles. The fourth-order valence-electron chi connectivity index (χ4n) is 2.39. The fourth-order valence-corrected chi connectivity index (χ4v) is 2.74. The first-order valence-electron chi connectivity index (χ1n) is 7.23. The van der Waals surface area contributed by atoms with Crippen molar-refractivity contribution in [3.05, 3.63) is 52.3 Å². The molecule has 1 aromatic heterocycles. The Labute approximate surface area is 130 Å². The number of aryl methyl sites for hydroxylation is 2. The summed E-state index contributed by atoms with van der Waals surface area (Å²) in [6.45, 7) is 4.66. The second-order valence-electron chi connectivity index (χ2n) is 5.00. The second-order valence-corrected chi connectivity index (χ2v) is 5.38. The maximum atomic E-state index is 10.3. The van der Waals surface area contributed by atoms with Gasteiger partial charge in [-0.25, -0.2) is 0 Å². The summed E-state index contributed by atoms with van der Waals surface area (Å²) in [5, 5.41) is 25.6. The van der Waals surface area contributed by atoms with Crippen molar-refractivity contribution in [3.63, 3.8) is 0 Å². The van der Waals surface area contributed by atoms with Crippen LogP contribution in [-0.4, -0.2) is 26.1 Å². The Balaban J connectivity index is 2.19. The van der Waals surface area contributed by atoms with E-state index in [1.165, 1.54) is 0 Å². The van der Waals surface area contributed by atoms with Crippen LogP contribution in [0, 0.1) is 0 Å². The number of aliphatic hydroxyl groups is 2. The predicted molar refractivity (Wildman–Crippen MR) is 83.4 cm³/mol. The van der Waals surface area contributed by atoms with Gasteiger partial charge in [0.25, 0.3) is 0 Å². The highest BCUT2D eigenvalue weighted by Crippen LogP contribution is 2.26. The first-order chi connectivity index (χ1) is 10.1. The van der Waals surface area contributed by atoms with E-state index in [4.69, 9.17) is 11.6 Å². The van der Waals surface area contributed by atoms with E-state index in [0.29, 0.717) is 17.1 Å². The molecule has 4 nitrogen and oxygen atoms in total. The lowest BCUT2D eigenvalue weighted by Crippen LogP contribution is -2.22. The average molecular weight is 309 g/mol. The molecule has 2 N–H and O–H groups in total. The van der Waals surface area contributed by atoms with Crippen molar-refractivity contribution in [1.82, 2.24) is 9.78 Å². The molecule has 0 radical (unpaired) electrons. The number of aliphatic hydroxyl groups excluding tert-OH is 2. The van der Waals surface area contributed by atoms with Crippen LogP contribution < -0.4 is 0 Å². The largest absolute Gasteiger partial charge is 0.390 e.